The van der Waals surface area contributed by atoms with Crippen molar-refractivity contribution in [3.63, 3.8) is 0 Å². The van der Waals surface area contributed by atoms with Gasteiger partial charge in [-0.1, -0.05) is 60.1 Å². The second-order valence-corrected chi connectivity index (χ2v) is 6.03. The van der Waals surface area contributed by atoms with Gasteiger partial charge in [0.05, 0.1) is 0 Å². The lowest BCUT2D eigenvalue weighted by Crippen LogP contribution is -2.11. The molecule has 0 aliphatic heterocycles. The predicted molar refractivity (Wildman–Crippen MR) is 99.1 cm³/mol. The van der Waals surface area contributed by atoms with E-state index in [-0.39, 0.29) is 6.61 Å². The van der Waals surface area contributed by atoms with Crippen molar-refractivity contribution in [1.82, 2.24) is 0 Å². The van der Waals surface area contributed by atoms with E-state index < -0.39 is 6.10 Å². The summed E-state index contributed by atoms with van der Waals surface area (Å²) >= 11 is 5.85. The summed E-state index contributed by atoms with van der Waals surface area (Å²) < 4.78 is 11.5. The van der Waals surface area contributed by atoms with Crippen molar-refractivity contribution >= 4 is 11.6 Å². The molecular formula is C21H19ClO3. The van der Waals surface area contributed by atoms with Gasteiger partial charge in [-0.3, -0.25) is 0 Å². The van der Waals surface area contributed by atoms with Gasteiger partial charge in [0.25, 0.3) is 0 Å². The van der Waals surface area contributed by atoms with Crippen molar-refractivity contribution in [2.75, 3.05) is 6.61 Å². The van der Waals surface area contributed by atoms with Crippen molar-refractivity contribution in [2.45, 2.75) is 12.7 Å². The van der Waals surface area contributed by atoms with E-state index in [0.29, 0.717) is 28.7 Å². The van der Waals surface area contributed by atoms with Gasteiger partial charge in [0.2, 0.25) is 0 Å². The topological polar surface area (TPSA) is 38.7 Å². The molecule has 3 rings (SSSR count). The maximum absolute atomic E-state index is 10.5. The fourth-order valence-electron chi connectivity index (χ4n) is 2.42. The van der Waals surface area contributed by atoms with E-state index in [1.165, 1.54) is 0 Å². The van der Waals surface area contributed by atoms with Gasteiger partial charge in [0.1, 0.15) is 30.8 Å². The van der Waals surface area contributed by atoms with Gasteiger partial charge in [-0.15, -0.1) is 0 Å². The minimum absolute atomic E-state index is 0.132. The number of para-hydroxylation sites is 1. The average Bonchev–Trinajstić information content (AvgIpc) is 2.67. The van der Waals surface area contributed by atoms with Gasteiger partial charge >= 0.3 is 0 Å². The Morgan fingerprint density at radius 3 is 2.24 bits per heavy atom. The third-order valence-electron chi connectivity index (χ3n) is 3.74. The molecule has 1 N–H and O–H groups in total. The summed E-state index contributed by atoms with van der Waals surface area (Å²) in [7, 11) is 0. The van der Waals surface area contributed by atoms with Gasteiger partial charge in [0, 0.05) is 10.6 Å². The zero-order chi connectivity index (χ0) is 17.5. The first-order chi connectivity index (χ1) is 12.2. The number of hydrogen-bond acceptors (Lipinski definition) is 3. The number of ether oxygens (including phenoxy) is 2. The lowest BCUT2D eigenvalue weighted by molar-refractivity contribution is 0.104. The maximum atomic E-state index is 10.5. The van der Waals surface area contributed by atoms with Crippen LogP contribution in [0.5, 0.6) is 11.5 Å². The zero-order valence-corrected chi connectivity index (χ0v) is 14.4. The van der Waals surface area contributed by atoms with Crippen LogP contribution in [0, 0.1) is 0 Å². The van der Waals surface area contributed by atoms with E-state index in [2.05, 4.69) is 0 Å². The standard InChI is InChI=1S/C21H19ClO3/c22-17-10-12-18(13-11-17)24-15-20(23)19-8-4-5-9-21(19)25-14-16-6-2-1-3-7-16/h1-13,20,23H,14-15H2. The summed E-state index contributed by atoms with van der Waals surface area (Å²) in [6.45, 7) is 0.579. The van der Waals surface area contributed by atoms with Crippen molar-refractivity contribution in [3.05, 3.63) is 95.0 Å². The molecule has 0 bridgehead atoms. The molecule has 0 spiro atoms. The van der Waals surface area contributed by atoms with Crippen molar-refractivity contribution < 1.29 is 14.6 Å². The normalized spacial score (nSPS) is 11.8. The zero-order valence-electron chi connectivity index (χ0n) is 13.6. The van der Waals surface area contributed by atoms with Gasteiger partial charge in [-0.05, 0) is 35.9 Å². The highest BCUT2D eigenvalue weighted by Crippen LogP contribution is 2.27. The second-order valence-electron chi connectivity index (χ2n) is 5.59. The summed E-state index contributed by atoms with van der Waals surface area (Å²) in [5.74, 6) is 1.31. The molecule has 25 heavy (non-hydrogen) atoms. The van der Waals surface area contributed by atoms with E-state index in [0.717, 1.165) is 5.56 Å². The van der Waals surface area contributed by atoms with Crippen LogP contribution in [0.3, 0.4) is 0 Å². The minimum atomic E-state index is -0.789. The monoisotopic (exact) mass is 354 g/mol. The molecule has 0 saturated carbocycles. The van der Waals surface area contributed by atoms with Gasteiger partial charge in [0.15, 0.2) is 0 Å². The molecule has 128 valence electrons. The first-order valence-electron chi connectivity index (χ1n) is 8.04. The van der Waals surface area contributed by atoms with Crippen LogP contribution in [-0.4, -0.2) is 11.7 Å². The van der Waals surface area contributed by atoms with Crippen molar-refractivity contribution in [3.8, 4) is 11.5 Å². The van der Waals surface area contributed by atoms with Crippen molar-refractivity contribution in [2.24, 2.45) is 0 Å². The lowest BCUT2D eigenvalue weighted by atomic mass is 10.1. The van der Waals surface area contributed by atoms with Gasteiger partial charge in [-0.2, -0.15) is 0 Å². The highest BCUT2D eigenvalue weighted by molar-refractivity contribution is 6.30. The molecular weight excluding hydrogens is 336 g/mol. The van der Waals surface area contributed by atoms with Crippen LogP contribution in [0.4, 0.5) is 0 Å². The Morgan fingerprint density at radius 2 is 1.48 bits per heavy atom. The predicted octanol–water partition coefficient (Wildman–Crippen LogP) is 5.03. The number of hydrogen-bond donors (Lipinski definition) is 1. The van der Waals surface area contributed by atoms with Crippen LogP contribution in [0.25, 0.3) is 0 Å². The van der Waals surface area contributed by atoms with Crippen LogP contribution in [-0.2, 0) is 6.61 Å². The Labute approximate surface area is 152 Å². The molecule has 3 aromatic carbocycles. The lowest BCUT2D eigenvalue weighted by Gasteiger charge is -2.17. The molecule has 0 aliphatic carbocycles. The van der Waals surface area contributed by atoms with Gasteiger partial charge in [-0.25, -0.2) is 0 Å². The van der Waals surface area contributed by atoms with Crippen LogP contribution in [0.15, 0.2) is 78.9 Å². The molecule has 0 heterocycles. The molecule has 4 heteroatoms. The fraction of sp³-hybridized carbons (Fsp3) is 0.143. The summed E-state index contributed by atoms with van der Waals surface area (Å²) in [5, 5.41) is 11.1. The quantitative estimate of drug-likeness (QED) is 0.646. The van der Waals surface area contributed by atoms with E-state index >= 15 is 0 Å². The van der Waals surface area contributed by atoms with Crippen LogP contribution in [0.1, 0.15) is 17.2 Å². The molecule has 0 amide bonds. The SMILES string of the molecule is OC(COc1ccc(Cl)cc1)c1ccccc1OCc1ccccc1. The van der Waals surface area contributed by atoms with E-state index in [1.54, 1.807) is 24.3 Å². The number of aliphatic hydroxyl groups is 1. The minimum Gasteiger partial charge on any atom is -0.491 e. The molecule has 3 nitrogen and oxygen atoms in total. The molecule has 1 atom stereocenters. The van der Waals surface area contributed by atoms with Crippen molar-refractivity contribution in [1.29, 1.82) is 0 Å². The average molecular weight is 355 g/mol. The number of aliphatic hydroxyl groups excluding tert-OH is 1. The number of halogens is 1. The molecule has 0 saturated heterocycles. The summed E-state index contributed by atoms with van der Waals surface area (Å²) in [6, 6.07) is 24.4. The summed E-state index contributed by atoms with van der Waals surface area (Å²) in [6.07, 6.45) is -0.789. The number of rotatable bonds is 7. The molecule has 1 unspecified atom stereocenters. The Kier molecular flexibility index (Phi) is 5.94. The maximum Gasteiger partial charge on any atom is 0.125 e. The molecule has 0 aromatic heterocycles. The molecule has 0 fully saturated rings. The van der Waals surface area contributed by atoms with E-state index in [9.17, 15) is 5.11 Å². The second kappa shape index (κ2) is 8.56. The van der Waals surface area contributed by atoms with Crippen LogP contribution >= 0.6 is 11.6 Å². The Balaban J connectivity index is 1.63. The highest BCUT2D eigenvalue weighted by Gasteiger charge is 2.14. The molecule has 0 aliphatic rings. The van der Waals surface area contributed by atoms with Gasteiger partial charge < -0.3 is 14.6 Å². The third kappa shape index (κ3) is 4.99. The first-order valence-corrected chi connectivity index (χ1v) is 8.42. The summed E-state index contributed by atoms with van der Waals surface area (Å²) in [5.41, 5.74) is 1.77. The van der Waals surface area contributed by atoms with E-state index in [1.807, 2.05) is 54.6 Å². The largest absolute Gasteiger partial charge is 0.491 e. The van der Waals surface area contributed by atoms with E-state index in [4.69, 9.17) is 21.1 Å². The van der Waals surface area contributed by atoms with Crippen LogP contribution in [0.2, 0.25) is 5.02 Å². The van der Waals surface area contributed by atoms with Crippen LogP contribution < -0.4 is 9.47 Å². The number of benzene rings is 3. The highest BCUT2D eigenvalue weighted by atomic mass is 35.5. The molecule has 0 radical (unpaired) electrons. The smallest absolute Gasteiger partial charge is 0.125 e. The Morgan fingerprint density at radius 1 is 0.800 bits per heavy atom. The summed E-state index contributed by atoms with van der Waals surface area (Å²) in [4.78, 5) is 0. The third-order valence-corrected chi connectivity index (χ3v) is 3.99. The Hall–Kier alpha value is -2.49. The first kappa shape index (κ1) is 17.3. The Bertz CT molecular complexity index is 788. The fourth-order valence-corrected chi connectivity index (χ4v) is 2.54. The molecule has 3 aromatic rings.